The molecule has 100 valence electrons. The van der Waals surface area contributed by atoms with Crippen LogP contribution in [0.2, 0.25) is 10.0 Å². The van der Waals surface area contributed by atoms with E-state index in [-0.39, 0.29) is 5.97 Å². The quantitative estimate of drug-likeness (QED) is 0.596. The molecule has 0 bridgehead atoms. The number of nitrogens with zero attached hydrogens (tertiary/aromatic N) is 1. The lowest BCUT2D eigenvalue weighted by Gasteiger charge is -2.14. The average Bonchev–Trinajstić information content (AvgIpc) is 2.33. The van der Waals surface area contributed by atoms with Crippen LogP contribution in [0.25, 0.3) is 0 Å². The minimum absolute atomic E-state index is 0.233. The first-order valence-corrected chi connectivity index (χ1v) is 7.10. The number of esters is 1. The van der Waals surface area contributed by atoms with E-state index in [0.717, 1.165) is 17.2 Å². The Bertz CT molecular complexity index is 415. The first kappa shape index (κ1) is 15.6. The van der Waals surface area contributed by atoms with Crippen LogP contribution < -0.4 is 0 Å². The van der Waals surface area contributed by atoms with Crippen LogP contribution in [0.5, 0.6) is 0 Å². The third kappa shape index (κ3) is 5.48. The number of halogens is 2. The molecule has 0 heterocycles. The normalized spacial score (nSPS) is 10.7. The SMILES string of the molecule is COC(=O)CN(C)CCSc1cc(Cl)ccc1Cl. The summed E-state index contributed by atoms with van der Waals surface area (Å²) in [7, 11) is 3.26. The molecule has 0 aromatic heterocycles. The highest BCUT2D eigenvalue weighted by Crippen LogP contribution is 2.29. The molecule has 0 aliphatic heterocycles. The second-order valence-corrected chi connectivity index (χ2v) is 5.72. The molecule has 0 saturated carbocycles. The number of likely N-dealkylation sites (N-methyl/N-ethyl adjacent to an activating group) is 1. The molecule has 0 N–H and O–H groups in total. The molecule has 3 nitrogen and oxygen atoms in total. The van der Waals surface area contributed by atoms with Crippen molar-refractivity contribution in [1.29, 1.82) is 0 Å². The van der Waals surface area contributed by atoms with Gasteiger partial charge in [-0.05, 0) is 25.2 Å². The van der Waals surface area contributed by atoms with Crippen molar-refractivity contribution in [3.05, 3.63) is 28.2 Å². The molecular formula is C12H15Cl2NO2S. The van der Waals surface area contributed by atoms with Crippen molar-refractivity contribution in [2.45, 2.75) is 4.90 Å². The maximum Gasteiger partial charge on any atom is 0.319 e. The van der Waals surface area contributed by atoms with Gasteiger partial charge in [0.15, 0.2) is 0 Å². The van der Waals surface area contributed by atoms with Gasteiger partial charge in [0.05, 0.1) is 18.7 Å². The maximum atomic E-state index is 11.0. The van der Waals surface area contributed by atoms with Crippen LogP contribution in [0.4, 0.5) is 0 Å². The van der Waals surface area contributed by atoms with Crippen LogP contribution in [0.15, 0.2) is 23.1 Å². The van der Waals surface area contributed by atoms with Gasteiger partial charge in [-0.3, -0.25) is 9.69 Å². The van der Waals surface area contributed by atoms with Crippen molar-refractivity contribution in [2.24, 2.45) is 0 Å². The summed E-state index contributed by atoms with van der Waals surface area (Å²) in [5.41, 5.74) is 0. The molecule has 0 radical (unpaired) electrons. The summed E-state index contributed by atoms with van der Waals surface area (Å²) >= 11 is 13.6. The molecule has 0 aliphatic rings. The van der Waals surface area contributed by atoms with Crippen molar-refractivity contribution >= 4 is 40.9 Å². The summed E-state index contributed by atoms with van der Waals surface area (Å²) in [6.07, 6.45) is 0. The van der Waals surface area contributed by atoms with E-state index in [1.165, 1.54) is 7.11 Å². The van der Waals surface area contributed by atoms with Crippen molar-refractivity contribution in [3.63, 3.8) is 0 Å². The van der Waals surface area contributed by atoms with Gasteiger partial charge in [0, 0.05) is 22.2 Å². The van der Waals surface area contributed by atoms with Gasteiger partial charge >= 0.3 is 5.97 Å². The van der Waals surface area contributed by atoms with Crippen LogP contribution in [-0.4, -0.2) is 43.9 Å². The summed E-state index contributed by atoms with van der Waals surface area (Å²) < 4.78 is 4.59. The van der Waals surface area contributed by atoms with Crippen LogP contribution in [0.3, 0.4) is 0 Å². The molecule has 0 fully saturated rings. The Balaban J connectivity index is 2.37. The van der Waals surface area contributed by atoms with Gasteiger partial charge < -0.3 is 4.74 Å². The fourth-order valence-corrected chi connectivity index (χ4v) is 2.82. The van der Waals surface area contributed by atoms with E-state index >= 15 is 0 Å². The molecule has 0 aliphatic carbocycles. The lowest BCUT2D eigenvalue weighted by molar-refractivity contribution is -0.141. The number of rotatable bonds is 6. The molecule has 18 heavy (non-hydrogen) atoms. The highest BCUT2D eigenvalue weighted by atomic mass is 35.5. The third-order valence-electron chi connectivity index (χ3n) is 2.25. The number of benzene rings is 1. The molecule has 0 amide bonds. The van der Waals surface area contributed by atoms with Gasteiger partial charge in [-0.25, -0.2) is 0 Å². The zero-order chi connectivity index (χ0) is 13.5. The first-order chi connectivity index (χ1) is 8.52. The van der Waals surface area contributed by atoms with Gasteiger partial charge in [0.1, 0.15) is 0 Å². The van der Waals surface area contributed by atoms with Gasteiger partial charge in [0.25, 0.3) is 0 Å². The number of carbonyl (C=O) groups excluding carboxylic acids is 1. The van der Waals surface area contributed by atoms with Crippen LogP contribution in [0, 0.1) is 0 Å². The van der Waals surface area contributed by atoms with Crippen LogP contribution >= 0.6 is 35.0 Å². The van der Waals surface area contributed by atoms with Crippen LogP contribution in [0.1, 0.15) is 0 Å². The molecule has 1 aromatic rings. The summed E-state index contributed by atoms with van der Waals surface area (Å²) in [5.74, 6) is 0.594. The molecule has 0 saturated heterocycles. The third-order valence-corrected chi connectivity index (χ3v) is 3.96. The molecule has 1 aromatic carbocycles. The molecule has 6 heteroatoms. The lowest BCUT2D eigenvalue weighted by Crippen LogP contribution is -2.28. The predicted molar refractivity (Wildman–Crippen MR) is 76.7 cm³/mol. The number of ether oxygens (including phenoxy) is 1. The molecular weight excluding hydrogens is 293 g/mol. The van der Waals surface area contributed by atoms with Gasteiger partial charge in [-0.2, -0.15) is 0 Å². The van der Waals surface area contributed by atoms with Crippen molar-refractivity contribution < 1.29 is 9.53 Å². The van der Waals surface area contributed by atoms with Gasteiger partial charge in [-0.15, -0.1) is 11.8 Å². The minimum Gasteiger partial charge on any atom is -0.468 e. The Kier molecular flexibility index (Phi) is 6.86. The maximum absolute atomic E-state index is 11.0. The van der Waals surface area contributed by atoms with E-state index in [2.05, 4.69) is 4.74 Å². The lowest BCUT2D eigenvalue weighted by atomic mass is 10.4. The zero-order valence-corrected chi connectivity index (χ0v) is 12.6. The monoisotopic (exact) mass is 307 g/mol. The summed E-state index contributed by atoms with van der Waals surface area (Å²) in [4.78, 5) is 13.9. The first-order valence-electron chi connectivity index (χ1n) is 5.36. The van der Waals surface area contributed by atoms with E-state index in [1.807, 2.05) is 18.0 Å². The number of carbonyl (C=O) groups is 1. The zero-order valence-electron chi connectivity index (χ0n) is 10.3. The number of hydrogen-bond donors (Lipinski definition) is 0. The average molecular weight is 308 g/mol. The van der Waals surface area contributed by atoms with Crippen molar-refractivity contribution in [3.8, 4) is 0 Å². The summed E-state index contributed by atoms with van der Waals surface area (Å²) in [6.45, 7) is 1.06. The van der Waals surface area contributed by atoms with E-state index in [0.29, 0.717) is 16.6 Å². The van der Waals surface area contributed by atoms with Crippen molar-refractivity contribution in [2.75, 3.05) is 33.0 Å². The Hall–Kier alpha value is -0.420. The standard InChI is InChI=1S/C12H15Cl2NO2S/c1-15(8-12(16)17-2)5-6-18-11-7-9(13)3-4-10(11)14/h3-4,7H,5-6,8H2,1-2H3. The van der Waals surface area contributed by atoms with E-state index in [4.69, 9.17) is 23.2 Å². The largest absolute Gasteiger partial charge is 0.468 e. The number of thioether (sulfide) groups is 1. The smallest absolute Gasteiger partial charge is 0.319 e. The Morgan fingerprint density at radius 1 is 1.44 bits per heavy atom. The highest BCUT2D eigenvalue weighted by molar-refractivity contribution is 7.99. The van der Waals surface area contributed by atoms with Crippen molar-refractivity contribution in [1.82, 2.24) is 4.90 Å². The number of hydrogen-bond acceptors (Lipinski definition) is 4. The van der Waals surface area contributed by atoms with Gasteiger partial charge in [-0.1, -0.05) is 23.2 Å². The predicted octanol–water partition coefficient (Wildman–Crippen LogP) is 3.19. The van der Waals surface area contributed by atoms with Gasteiger partial charge in [0.2, 0.25) is 0 Å². The fourth-order valence-electron chi connectivity index (χ4n) is 1.26. The summed E-state index contributed by atoms with van der Waals surface area (Å²) in [6, 6.07) is 5.39. The Labute approximate surface area is 121 Å². The highest BCUT2D eigenvalue weighted by Gasteiger charge is 2.07. The Morgan fingerprint density at radius 3 is 2.83 bits per heavy atom. The fraction of sp³-hybridized carbons (Fsp3) is 0.417. The van der Waals surface area contributed by atoms with E-state index in [1.54, 1.807) is 23.9 Å². The Morgan fingerprint density at radius 2 is 2.17 bits per heavy atom. The topological polar surface area (TPSA) is 29.5 Å². The summed E-state index contributed by atoms with van der Waals surface area (Å²) in [5, 5.41) is 1.37. The molecule has 0 spiro atoms. The van der Waals surface area contributed by atoms with E-state index < -0.39 is 0 Å². The molecule has 0 unspecified atom stereocenters. The second kappa shape index (κ2) is 7.89. The van der Waals surface area contributed by atoms with Crippen LogP contribution in [-0.2, 0) is 9.53 Å². The number of methoxy groups -OCH3 is 1. The molecule has 1 rings (SSSR count). The second-order valence-electron chi connectivity index (χ2n) is 3.74. The molecule has 0 atom stereocenters. The van der Waals surface area contributed by atoms with E-state index in [9.17, 15) is 4.79 Å². The minimum atomic E-state index is -0.233.